The summed E-state index contributed by atoms with van der Waals surface area (Å²) in [5, 5.41) is 0. The van der Waals surface area contributed by atoms with Crippen LogP contribution in [0.2, 0.25) is 0 Å². The molecular weight excluding hydrogens is 174 g/mol. The molecule has 0 fully saturated rings. The van der Waals surface area contributed by atoms with Gasteiger partial charge in [-0.3, -0.25) is 0 Å². The van der Waals surface area contributed by atoms with E-state index in [9.17, 15) is 0 Å². The molecule has 0 bridgehead atoms. The first kappa shape index (κ1) is 9.21. The Labute approximate surface area is 83.6 Å². The Morgan fingerprint density at radius 1 is 1.36 bits per heavy atom. The molecule has 2 aromatic rings. The van der Waals surface area contributed by atoms with Crippen molar-refractivity contribution in [3.8, 4) is 0 Å². The van der Waals surface area contributed by atoms with Crippen LogP contribution in [0.3, 0.4) is 0 Å². The quantitative estimate of drug-likeness (QED) is 0.743. The molecule has 0 aliphatic heterocycles. The Balaban J connectivity index is 2.81. The molecule has 0 saturated carbocycles. The molecule has 0 saturated heterocycles. The average molecular weight is 189 g/mol. The second-order valence-corrected chi connectivity index (χ2v) is 4.20. The van der Waals surface area contributed by atoms with Gasteiger partial charge in [0.05, 0.1) is 16.9 Å². The Morgan fingerprint density at radius 2 is 2.07 bits per heavy atom. The third-order valence-corrected chi connectivity index (χ3v) is 2.31. The van der Waals surface area contributed by atoms with Gasteiger partial charge in [-0.25, -0.2) is 4.98 Å². The van der Waals surface area contributed by atoms with Crippen molar-refractivity contribution in [2.75, 3.05) is 0 Å². The number of aromatic nitrogens is 2. The smallest absolute Gasteiger partial charge is 0.137 e. The highest BCUT2D eigenvalue weighted by atomic mass is 15.0. The van der Waals surface area contributed by atoms with Crippen LogP contribution in [0.25, 0.3) is 5.65 Å². The van der Waals surface area contributed by atoms with E-state index in [0.29, 0.717) is 0 Å². The first-order valence-corrected chi connectivity index (χ1v) is 4.73. The minimum Gasteiger partial charge on any atom is -0.321 e. The largest absolute Gasteiger partial charge is 0.321 e. The normalized spacial score (nSPS) is 12.3. The first-order chi connectivity index (χ1) is 6.50. The van der Waals surface area contributed by atoms with Gasteiger partial charge in [0.15, 0.2) is 0 Å². The van der Waals surface area contributed by atoms with Gasteiger partial charge in [0, 0.05) is 6.20 Å². The zero-order chi connectivity index (χ0) is 10.3. The van der Waals surface area contributed by atoms with Gasteiger partial charge in [-0.05, 0) is 32.9 Å². The highest BCUT2D eigenvalue weighted by molar-refractivity contribution is 5.44. The SMILES string of the molecule is Cc1nc2ccccn2c1C(C)(C)N. The van der Waals surface area contributed by atoms with Gasteiger partial charge in [0.2, 0.25) is 0 Å². The molecule has 0 amide bonds. The number of hydrogen-bond donors (Lipinski definition) is 1. The van der Waals surface area contributed by atoms with E-state index in [1.165, 1.54) is 0 Å². The lowest BCUT2D eigenvalue weighted by Crippen LogP contribution is -2.31. The van der Waals surface area contributed by atoms with Crippen LogP contribution in [0.1, 0.15) is 25.2 Å². The van der Waals surface area contributed by atoms with E-state index < -0.39 is 0 Å². The molecule has 0 atom stereocenters. The van der Waals surface area contributed by atoms with Gasteiger partial charge in [-0.15, -0.1) is 0 Å². The first-order valence-electron chi connectivity index (χ1n) is 4.73. The number of rotatable bonds is 1. The molecule has 0 aliphatic rings. The third kappa shape index (κ3) is 1.30. The molecule has 3 heteroatoms. The van der Waals surface area contributed by atoms with Crippen molar-refractivity contribution in [1.29, 1.82) is 0 Å². The molecule has 0 aliphatic carbocycles. The van der Waals surface area contributed by atoms with Gasteiger partial charge in [0.1, 0.15) is 5.65 Å². The maximum Gasteiger partial charge on any atom is 0.137 e. The lowest BCUT2D eigenvalue weighted by molar-refractivity contribution is 0.526. The summed E-state index contributed by atoms with van der Waals surface area (Å²) in [6, 6.07) is 5.96. The lowest BCUT2D eigenvalue weighted by atomic mass is 10.0. The molecule has 2 rings (SSSR count). The summed E-state index contributed by atoms with van der Waals surface area (Å²) in [5.41, 5.74) is 8.79. The number of nitrogens with zero attached hydrogens (tertiary/aromatic N) is 2. The van der Waals surface area contributed by atoms with Crippen molar-refractivity contribution >= 4 is 5.65 Å². The van der Waals surface area contributed by atoms with Crippen LogP contribution in [0.15, 0.2) is 24.4 Å². The fourth-order valence-corrected chi connectivity index (χ4v) is 1.89. The Morgan fingerprint density at radius 3 is 2.71 bits per heavy atom. The molecule has 0 aromatic carbocycles. The van der Waals surface area contributed by atoms with E-state index in [0.717, 1.165) is 17.0 Å². The van der Waals surface area contributed by atoms with E-state index in [4.69, 9.17) is 5.73 Å². The van der Waals surface area contributed by atoms with Crippen molar-refractivity contribution in [1.82, 2.24) is 9.38 Å². The number of hydrogen-bond acceptors (Lipinski definition) is 2. The van der Waals surface area contributed by atoms with Crippen molar-refractivity contribution in [3.05, 3.63) is 35.8 Å². The summed E-state index contributed by atoms with van der Waals surface area (Å²) < 4.78 is 2.05. The zero-order valence-corrected chi connectivity index (χ0v) is 8.78. The monoisotopic (exact) mass is 189 g/mol. The number of aryl methyl sites for hydroxylation is 1. The van der Waals surface area contributed by atoms with Gasteiger partial charge in [-0.1, -0.05) is 6.07 Å². The third-order valence-electron chi connectivity index (χ3n) is 2.31. The Bertz CT molecular complexity index is 463. The van der Waals surface area contributed by atoms with Crippen molar-refractivity contribution in [2.24, 2.45) is 5.73 Å². The van der Waals surface area contributed by atoms with E-state index >= 15 is 0 Å². The van der Waals surface area contributed by atoms with Gasteiger partial charge in [0.25, 0.3) is 0 Å². The molecule has 2 N–H and O–H groups in total. The fourth-order valence-electron chi connectivity index (χ4n) is 1.89. The molecule has 3 nitrogen and oxygen atoms in total. The summed E-state index contributed by atoms with van der Waals surface area (Å²) in [5.74, 6) is 0. The molecular formula is C11H15N3. The fraction of sp³-hybridized carbons (Fsp3) is 0.364. The molecule has 14 heavy (non-hydrogen) atoms. The molecule has 0 radical (unpaired) electrons. The summed E-state index contributed by atoms with van der Waals surface area (Å²) in [7, 11) is 0. The Hall–Kier alpha value is -1.35. The van der Waals surface area contributed by atoms with Crippen molar-refractivity contribution in [3.63, 3.8) is 0 Å². The second kappa shape index (κ2) is 2.82. The molecule has 2 heterocycles. The second-order valence-electron chi connectivity index (χ2n) is 4.20. The maximum atomic E-state index is 6.11. The highest BCUT2D eigenvalue weighted by Crippen LogP contribution is 2.21. The Kier molecular flexibility index (Phi) is 1.86. The van der Waals surface area contributed by atoms with Gasteiger partial charge < -0.3 is 10.1 Å². The predicted octanol–water partition coefficient (Wildman–Crippen LogP) is 1.84. The lowest BCUT2D eigenvalue weighted by Gasteiger charge is -2.19. The van der Waals surface area contributed by atoms with E-state index in [1.807, 2.05) is 45.2 Å². The van der Waals surface area contributed by atoms with Gasteiger partial charge >= 0.3 is 0 Å². The van der Waals surface area contributed by atoms with E-state index in [1.54, 1.807) is 0 Å². The van der Waals surface area contributed by atoms with E-state index in [-0.39, 0.29) is 5.54 Å². The predicted molar refractivity (Wildman–Crippen MR) is 57.1 cm³/mol. The minimum atomic E-state index is -0.356. The number of imidazole rings is 1. The zero-order valence-electron chi connectivity index (χ0n) is 8.78. The summed E-state index contributed by atoms with van der Waals surface area (Å²) in [4.78, 5) is 4.46. The standard InChI is InChI=1S/C11H15N3/c1-8-10(11(2,3)12)14-7-5-4-6-9(14)13-8/h4-7H,12H2,1-3H3. The van der Waals surface area contributed by atoms with Crippen LogP contribution in [0, 0.1) is 6.92 Å². The van der Waals surface area contributed by atoms with Gasteiger partial charge in [-0.2, -0.15) is 0 Å². The van der Waals surface area contributed by atoms with Crippen LogP contribution in [-0.4, -0.2) is 9.38 Å². The highest BCUT2D eigenvalue weighted by Gasteiger charge is 2.21. The minimum absolute atomic E-state index is 0.356. The van der Waals surface area contributed by atoms with Crippen LogP contribution in [-0.2, 0) is 5.54 Å². The summed E-state index contributed by atoms with van der Waals surface area (Å²) in [6.45, 7) is 5.99. The molecule has 74 valence electrons. The van der Waals surface area contributed by atoms with Crippen LogP contribution >= 0.6 is 0 Å². The number of fused-ring (bicyclic) bond motifs is 1. The van der Waals surface area contributed by atoms with Crippen LogP contribution in [0.5, 0.6) is 0 Å². The molecule has 0 unspecified atom stereocenters. The van der Waals surface area contributed by atoms with E-state index in [2.05, 4.69) is 9.38 Å². The number of nitrogens with two attached hydrogens (primary N) is 1. The number of pyridine rings is 1. The molecule has 2 aromatic heterocycles. The molecule has 0 spiro atoms. The van der Waals surface area contributed by atoms with Crippen molar-refractivity contribution < 1.29 is 0 Å². The summed E-state index contributed by atoms with van der Waals surface area (Å²) >= 11 is 0. The maximum absolute atomic E-state index is 6.11. The topological polar surface area (TPSA) is 43.3 Å². The average Bonchev–Trinajstić information content (AvgIpc) is 2.38. The summed E-state index contributed by atoms with van der Waals surface area (Å²) in [6.07, 6.45) is 2.00. The van der Waals surface area contributed by atoms with Crippen LogP contribution < -0.4 is 5.73 Å². The van der Waals surface area contributed by atoms with Crippen molar-refractivity contribution in [2.45, 2.75) is 26.3 Å². The van der Waals surface area contributed by atoms with Crippen LogP contribution in [0.4, 0.5) is 0 Å².